The number of rotatable bonds is 5. The highest BCUT2D eigenvalue weighted by atomic mass is 19.4. The number of nitrogens with zero attached hydrogens (tertiary/aromatic N) is 3. The number of hydrogen-bond donors (Lipinski definition) is 0. The lowest BCUT2D eigenvalue weighted by Crippen LogP contribution is -2.19. The predicted octanol–water partition coefficient (Wildman–Crippen LogP) is 3.66. The van der Waals surface area contributed by atoms with Gasteiger partial charge in [0.2, 0.25) is 0 Å². The molecule has 0 bridgehead atoms. The van der Waals surface area contributed by atoms with Gasteiger partial charge in [-0.05, 0) is 23.8 Å². The number of ether oxygens (including phenoxy) is 2. The van der Waals surface area contributed by atoms with E-state index in [9.17, 15) is 18.0 Å². The van der Waals surface area contributed by atoms with Gasteiger partial charge in [-0.25, -0.2) is 14.5 Å². The van der Waals surface area contributed by atoms with Crippen molar-refractivity contribution in [1.82, 2.24) is 14.8 Å². The van der Waals surface area contributed by atoms with Crippen molar-refractivity contribution >= 4 is 5.97 Å². The standard InChI is InChI=1S/C18H14F3N3O3/c1-26-17(25)16-22-11-24(23-16)13-6-4-5-12(9-13)14-7-2-3-8-15(14)27-10-18(19,20)21/h2-9,11H,10H2,1H3. The van der Waals surface area contributed by atoms with E-state index >= 15 is 0 Å². The fraction of sp³-hybridized carbons (Fsp3) is 0.167. The van der Waals surface area contributed by atoms with E-state index in [0.29, 0.717) is 16.8 Å². The van der Waals surface area contributed by atoms with Gasteiger partial charge < -0.3 is 9.47 Å². The van der Waals surface area contributed by atoms with E-state index in [-0.39, 0.29) is 11.6 Å². The smallest absolute Gasteiger partial charge is 0.422 e. The number of hydrogen-bond acceptors (Lipinski definition) is 5. The molecule has 3 rings (SSSR count). The molecule has 6 nitrogen and oxygen atoms in total. The third-order valence-electron chi connectivity index (χ3n) is 3.56. The number of alkyl halides is 3. The van der Waals surface area contributed by atoms with Crippen molar-refractivity contribution in [3.63, 3.8) is 0 Å². The molecule has 0 aliphatic carbocycles. The van der Waals surface area contributed by atoms with Crippen LogP contribution in [0.2, 0.25) is 0 Å². The summed E-state index contributed by atoms with van der Waals surface area (Å²) in [6.45, 7) is -1.38. The van der Waals surface area contributed by atoms with E-state index in [4.69, 9.17) is 4.74 Å². The summed E-state index contributed by atoms with van der Waals surface area (Å²) in [5.41, 5.74) is 1.69. The molecule has 0 aliphatic rings. The lowest BCUT2D eigenvalue weighted by Gasteiger charge is -2.13. The molecular weight excluding hydrogens is 363 g/mol. The molecule has 0 N–H and O–H groups in total. The maximum absolute atomic E-state index is 12.5. The molecule has 0 atom stereocenters. The van der Waals surface area contributed by atoms with Crippen LogP contribution in [-0.4, -0.2) is 40.6 Å². The third-order valence-corrected chi connectivity index (χ3v) is 3.56. The Labute approximate surface area is 152 Å². The van der Waals surface area contributed by atoms with E-state index in [1.807, 2.05) is 0 Å². The summed E-state index contributed by atoms with van der Waals surface area (Å²) in [5, 5.41) is 4.03. The van der Waals surface area contributed by atoms with E-state index in [0.717, 1.165) is 0 Å². The first-order valence-electron chi connectivity index (χ1n) is 7.77. The van der Waals surface area contributed by atoms with Crippen LogP contribution in [0.5, 0.6) is 5.75 Å². The molecule has 0 spiro atoms. The van der Waals surface area contributed by atoms with Gasteiger partial charge in [0, 0.05) is 5.56 Å². The minimum Gasteiger partial charge on any atom is -0.483 e. The van der Waals surface area contributed by atoms with E-state index < -0.39 is 18.8 Å². The number of methoxy groups -OCH3 is 1. The van der Waals surface area contributed by atoms with Crippen LogP contribution in [0.15, 0.2) is 54.9 Å². The van der Waals surface area contributed by atoms with Crippen molar-refractivity contribution in [3.05, 3.63) is 60.7 Å². The first kappa shape index (κ1) is 18.4. The van der Waals surface area contributed by atoms with Crippen molar-refractivity contribution in [2.75, 3.05) is 13.7 Å². The predicted molar refractivity (Wildman–Crippen MR) is 89.7 cm³/mol. The van der Waals surface area contributed by atoms with Crippen molar-refractivity contribution in [3.8, 4) is 22.6 Å². The second-order valence-corrected chi connectivity index (χ2v) is 5.45. The minimum atomic E-state index is -4.43. The van der Waals surface area contributed by atoms with Gasteiger partial charge in [0.15, 0.2) is 6.61 Å². The SMILES string of the molecule is COC(=O)c1ncn(-c2cccc(-c3ccccc3OCC(F)(F)F)c2)n1. The maximum atomic E-state index is 12.5. The molecule has 0 radical (unpaired) electrons. The fourth-order valence-corrected chi connectivity index (χ4v) is 2.38. The highest BCUT2D eigenvalue weighted by molar-refractivity contribution is 5.84. The summed E-state index contributed by atoms with van der Waals surface area (Å²) in [7, 11) is 1.22. The van der Waals surface area contributed by atoms with Crippen molar-refractivity contribution < 1.29 is 27.4 Å². The molecule has 140 valence electrons. The van der Waals surface area contributed by atoms with Gasteiger partial charge in [-0.15, -0.1) is 5.10 Å². The molecule has 0 fully saturated rings. The van der Waals surface area contributed by atoms with Gasteiger partial charge in [-0.2, -0.15) is 13.2 Å². The third kappa shape index (κ3) is 4.43. The van der Waals surface area contributed by atoms with Crippen LogP contribution in [0.25, 0.3) is 16.8 Å². The molecule has 0 saturated carbocycles. The van der Waals surface area contributed by atoms with E-state index in [1.165, 1.54) is 24.2 Å². The monoisotopic (exact) mass is 377 g/mol. The molecule has 0 aliphatic heterocycles. The zero-order valence-electron chi connectivity index (χ0n) is 14.1. The Morgan fingerprint density at radius 3 is 2.67 bits per heavy atom. The average Bonchev–Trinajstić information content (AvgIpc) is 3.16. The Morgan fingerprint density at radius 2 is 1.93 bits per heavy atom. The van der Waals surface area contributed by atoms with Gasteiger partial charge in [0.05, 0.1) is 12.8 Å². The van der Waals surface area contributed by atoms with Crippen LogP contribution in [-0.2, 0) is 4.74 Å². The summed E-state index contributed by atoms with van der Waals surface area (Å²) in [6.07, 6.45) is -3.09. The quantitative estimate of drug-likeness (QED) is 0.635. The summed E-state index contributed by atoms with van der Waals surface area (Å²) in [4.78, 5) is 15.3. The first-order valence-corrected chi connectivity index (χ1v) is 7.77. The van der Waals surface area contributed by atoms with Crippen LogP contribution in [0, 0.1) is 0 Å². The van der Waals surface area contributed by atoms with Crippen LogP contribution >= 0.6 is 0 Å². The van der Waals surface area contributed by atoms with Crippen molar-refractivity contribution in [2.24, 2.45) is 0 Å². The zero-order chi connectivity index (χ0) is 19.4. The fourth-order valence-electron chi connectivity index (χ4n) is 2.38. The molecule has 27 heavy (non-hydrogen) atoms. The van der Waals surface area contributed by atoms with Gasteiger partial charge in [0.1, 0.15) is 12.1 Å². The van der Waals surface area contributed by atoms with E-state index in [2.05, 4.69) is 14.8 Å². The number of para-hydroxylation sites is 1. The van der Waals surface area contributed by atoms with Crippen molar-refractivity contribution in [2.45, 2.75) is 6.18 Å². The lowest BCUT2D eigenvalue weighted by atomic mass is 10.0. The van der Waals surface area contributed by atoms with Crippen LogP contribution in [0.3, 0.4) is 0 Å². The van der Waals surface area contributed by atoms with Gasteiger partial charge >= 0.3 is 12.1 Å². The maximum Gasteiger partial charge on any atom is 0.422 e. The number of benzene rings is 2. The van der Waals surface area contributed by atoms with Gasteiger partial charge in [-0.1, -0.05) is 30.3 Å². The van der Waals surface area contributed by atoms with Crippen LogP contribution < -0.4 is 4.74 Å². The molecule has 2 aromatic carbocycles. The Balaban J connectivity index is 1.92. The average molecular weight is 377 g/mol. The van der Waals surface area contributed by atoms with Crippen LogP contribution in [0.4, 0.5) is 13.2 Å². The number of esters is 1. The number of carbonyl (C=O) groups excluding carboxylic acids is 1. The number of carbonyl (C=O) groups is 1. The molecule has 3 aromatic rings. The summed E-state index contributed by atoms with van der Waals surface area (Å²) < 4.78 is 48.3. The van der Waals surface area contributed by atoms with E-state index in [1.54, 1.807) is 42.5 Å². The second kappa shape index (κ2) is 7.48. The molecule has 1 heterocycles. The Bertz CT molecular complexity index is 954. The van der Waals surface area contributed by atoms with Crippen LogP contribution in [0.1, 0.15) is 10.6 Å². The van der Waals surface area contributed by atoms with Crippen molar-refractivity contribution in [1.29, 1.82) is 0 Å². The normalized spacial score (nSPS) is 11.3. The zero-order valence-corrected chi connectivity index (χ0v) is 14.1. The largest absolute Gasteiger partial charge is 0.483 e. The number of aromatic nitrogens is 3. The molecule has 1 aromatic heterocycles. The molecular formula is C18H14F3N3O3. The lowest BCUT2D eigenvalue weighted by molar-refractivity contribution is -0.153. The van der Waals surface area contributed by atoms with Gasteiger partial charge in [0.25, 0.3) is 5.82 Å². The highest BCUT2D eigenvalue weighted by Gasteiger charge is 2.28. The van der Waals surface area contributed by atoms with Gasteiger partial charge in [-0.3, -0.25) is 0 Å². The molecule has 9 heteroatoms. The Kier molecular flexibility index (Phi) is 5.11. The Morgan fingerprint density at radius 1 is 1.15 bits per heavy atom. The summed E-state index contributed by atoms with van der Waals surface area (Å²) >= 11 is 0. The number of halogens is 3. The second-order valence-electron chi connectivity index (χ2n) is 5.45. The first-order chi connectivity index (χ1) is 12.9. The summed E-state index contributed by atoms with van der Waals surface area (Å²) in [6, 6.07) is 13.3. The Hall–Kier alpha value is -3.36. The molecule has 0 unspecified atom stereocenters. The molecule has 0 saturated heterocycles. The summed E-state index contributed by atoms with van der Waals surface area (Å²) in [5.74, 6) is -0.659. The molecule has 0 amide bonds. The topological polar surface area (TPSA) is 66.2 Å². The minimum absolute atomic E-state index is 0.100. The highest BCUT2D eigenvalue weighted by Crippen LogP contribution is 2.32.